The third-order valence-electron chi connectivity index (χ3n) is 1.08. The standard InChI is InChI=1S/C7H8N2OS2/c1-12-7(11)9-8-5-6-3-2-4-10-6/h2-5H,1H3,(H,9,11)/b8-5+. The van der Waals surface area contributed by atoms with Gasteiger partial charge in [-0.3, -0.25) is 5.43 Å². The van der Waals surface area contributed by atoms with Crippen molar-refractivity contribution in [3.63, 3.8) is 0 Å². The molecule has 0 bridgehead atoms. The van der Waals surface area contributed by atoms with Crippen molar-refractivity contribution < 1.29 is 4.42 Å². The van der Waals surface area contributed by atoms with Crippen molar-refractivity contribution >= 4 is 34.5 Å². The highest BCUT2D eigenvalue weighted by atomic mass is 32.2. The van der Waals surface area contributed by atoms with Crippen molar-refractivity contribution in [3.8, 4) is 0 Å². The van der Waals surface area contributed by atoms with E-state index in [1.165, 1.54) is 11.8 Å². The van der Waals surface area contributed by atoms with Gasteiger partial charge in [0.15, 0.2) is 4.32 Å². The van der Waals surface area contributed by atoms with E-state index in [4.69, 9.17) is 16.6 Å². The number of hydrogen-bond donors (Lipinski definition) is 1. The summed E-state index contributed by atoms with van der Waals surface area (Å²) in [5.74, 6) is 0.700. The average molecular weight is 200 g/mol. The first-order valence-corrected chi connectivity index (χ1v) is 4.87. The van der Waals surface area contributed by atoms with Gasteiger partial charge >= 0.3 is 0 Å². The summed E-state index contributed by atoms with van der Waals surface area (Å²) < 4.78 is 5.65. The van der Waals surface area contributed by atoms with E-state index >= 15 is 0 Å². The van der Waals surface area contributed by atoms with Gasteiger partial charge in [0, 0.05) is 0 Å². The van der Waals surface area contributed by atoms with Crippen LogP contribution in [0.1, 0.15) is 5.76 Å². The lowest BCUT2D eigenvalue weighted by Crippen LogP contribution is -2.09. The Morgan fingerprint density at radius 2 is 2.67 bits per heavy atom. The second-order valence-electron chi connectivity index (χ2n) is 1.88. The third kappa shape index (κ3) is 3.06. The second kappa shape index (κ2) is 4.95. The summed E-state index contributed by atoms with van der Waals surface area (Å²) in [6.07, 6.45) is 5.05. The van der Waals surface area contributed by atoms with Gasteiger partial charge in [-0.15, -0.1) is 0 Å². The molecule has 5 heteroatoms. The molecule has 0 saturated heterocycles. The van der Waals surface area contributed by atoms with Crippen LogP contribution in [0.25, 0.3) is 0 Å². The van der Waals surface area contributed by atoms with E-state index < -0.39 is 0 Å². The van der Waals surface area contributed by atoms with Gasteiger partial charge in [-0.1, -0.05) is 24.0 Å². The molecule has 0 spiro atoms. The number of rotatable bonds is 2. The molecule has 0 aliphatic rings. The van der Waals surface area contributed by atoms with Gasteiger partial charge in [0.05, 0.1) is 12.5 Å². The predicted molar refractivity (Wildman–Crippen MR) is 55.6 cm³/mol. The average Bonchev–Trinajstić information content (AvgIpc) is 2.57. The lowest BCUT2D eigenvalue weighted by Gasteiger charge is -1.94. The zero-order chi connectivity index (χ0) is 8.81. The Bertz CT molecular complexity index is 269. The number of hydrogen-bond acceptors (Lipinski definition) is 4. The zero-order valence-electron chi connectivity index (χ0n) is 6.48. The van der Waals surface area contributed by atoms with Crippen LogP contribution in [0, 0.1) is 0 Å². The molecule has 0 unspecified atom stereocenters. The zero-order valence-corrected chi connectivity index (χ0v) is 8.11. The molecule has 0 saturated carbocycles. The molecule has 1 aromatic rings. The van der Waals surface area contributed by atoms with E-state index in [0.29, 0.717) is 10.1 Å². The van der Waals surface area contributed by atoms with Crippen LogP contribution in [0.5, 0.6) is 0 Å². The van der Waals surface area contributed by atoms with Crippen molar-refractivity contribution in [2.75, 3.05) is 6.26 Å². The maximum atomic E-state index is 5.01. The summed E-state index contributed by atoms with van der Waals surface area (Å²) in [4.78, 5) is 0. The van der Waals surface area contributed by atoms with E-state index in [1.807, 2.05) is 12.3 Å². The quantitative estimate of drug-likeness (QED) is 0.449. The largest absolute Gasteiger partial charge is 0.463 e. The van der Waals surface area contributed by atoms with E-state index in [0.717, 1.165) is 0 Å². The SMILES string of the molecule is CSC(=S)N/N=C/c1ccco1. The fourth-order valence-corrected chi connectivity index (χ4v) is 0.756. The monoisotopic (exact) mass is 200 g/mol. The van der Waals surface area contributed by atoms with E-state index in [-0.39, 0.29) is 0 Å². The summed E-state index contributed by atoms with van der Waals surface area (Å²) in [5.41, 5.74) is 2.67. The molecule has 0 fully saturated rings. The molecule has 0 aromatic carbocycles. The molecule has 0 aliphatic heterocycles. The molecule has 64 valence electrons. The maximum absolute atomic E-state index is 5.01. The lowest BCUT2D eigenvalue weighted by molar-refractivity contribution is 0.560. The molecule has 0 aliphatic carbocycles. The molecule has 1 N–H and O–H groups in total. The topological polar surface area (TPSA) is 37.5 Å². The molecule has 0 atom stereocenters. The van der Waals surface area contributed by atoms with Crippen LogP contribution in [0.4, 0.5) is 0 Å². The maximum Gasteiger partial charge on any atom is 0.153 e. The molecule has 0 amide bonds. The minimum Gasteiger partial charge on any atom is -0.463 e. The van der Waals surface area contributed by atoms with Crippen LogP contribution >= 0.6 is 24.0 Å². The Kier molecular flexibility index (Phi) is 3.83. The Morgan fingerprint density at radius 1 is 1.83 bits per heavy atom. The highest BCUT2D eigenvalue weighted by Crippen LogP contribution is 1.96. The smallest absolute Gasteiger partial charge is 0.153 e. The van der Waals surface area contributed by atoms with Gasteiger partial charge in [-0.05, 0) is 18.4 Å². The van der Waals surface area contributed by atoms with Gasteiger partial charge in [0.25, 0.3) is 0 Å². The fourth-order valence-electron chi connectivity index (χ4n) is 0.559. The van der Waals surface area contributed by atoms with Crippen LogP contribution < -0.4 is 5.43 Å². The summed E-state index contributed by atoms with van der Waals surface area (Å²) >= 11 is 6.30. The van der Waals surface area contributed by atoms with E-state index in [1.54, 1.807) is 18.5 Å². The first-order valence-electron chi connectivity index (χ1n) is 3.23. The normalized spacial score (nSPS) is 10.4. The Balaban J connectivity index is 2.37. The van der Waals surface area contributed by atoms with Gasteiger partial charge < -0.3 is 4.42 Å². The highest BCUT2D eigenvalue weighted by Gasteiger charge is 1.89. The molecule has 12 heavy (non-hydrogen) atoms. The van der Waals surface area contributed by atoms with Crippen LogP contribution in [0.15, 0.2) is 27.9 Å². The van der Waals surface area contributed by atoms with Crippen LogP contribution in [0.3, 0.4) is 0 Å². The summed E-state index contributed by atoms with van der Waals surface area (Å²) in [6.45, 7) is 0. The van der Waals surface area contributed by atoms with Gasteiger partial charge in [0.2, 0.25) is 0 Å². The van der Waals surface area contributed by atoms with Gasteiger partial charge in [-0.2, -0.15) is 5.10 Å². The number of thioether (sulfide) groups is 1. The Labute approximate surface area is 80.2 Å². The van der Waals surface area contributed by atoms with Crippen LogP contribution in [0.2, 0.25) is 0 Å². The van der Waals surface area contributed by atoms with E-state index in [2.05, 4.69) is 10.5 Å². The predicted octanol–water partition coefficient (Wildman–Crippen LogP) is 1.85. The molecular formula is C7H8N2OS2. The van der Waals surface area contributed by atoms with Crippen LogP contribution in [-0.4, -0.2) is 16.8 Å². The second-order valence-corrected chi connectivity index (χ2v) is 3.36. The summed E-state index contributed by atoms with van der Waals surface area (Å²) in [6, 6.07) is 3.61. The molecular weight excluding hydrogens is 192 g/mol. The minimum atomic E-state index is 0.637. The van der Waals surface area contributed by atoms with E-state index in [9.17, 15) is 0 Å². The molecule has 1 heterocycles. The van der Waals surface area contributed by atoms with Gasteiger partial charge in [-0.25, -0.2) is 0 Å². The number of thiocarbonyl (C=S) groups is 1. The Morgan fingerprint density at radius 3 is 3.25 bits per heavy atom. The van der Waals surface area contributed by atoms with Crippen LogP contribution in [-0.2, 0) is 0 Å². The van der Waals surface area contributed by atoms with Crippen molar-refractivity contribution in [3.05, 3.63) is 24.2 Å². The molecule has 1 aromatic heterocycles. The number of hydrazone groups is 1. The third-order valence-corrected chi connectivity index (χ3v) is 2.13. The van der Waals surface area contributed by atoms with Gasteiger partial charge in [0.1, 0.15) is 5.76 Å². The Hall–Kier alpha value is -0.810. The number of nitrogens with one attached hydrogen (secondary N) is 1. The minimum absolute atomic E-state index is 0.637. The lowest BCUT2D eigenvalue weighted by atomic mass is 10.5. The molecule has 1 rings (SSSR count). The highest BCUT2D eigenvalue weighted by molar-refractivity contribution is 8.22. The first-order chi connectivity index (χ1) is 5.83. The number of nitrogens with zero attached hydrogens (tertiary/aromatic N) is 1. The first kappa shape index (κ1) is 9.28. The molecule has 3 nitrogen and oxygen atoms in total. The van der Waals surface area contributed by atoms with Crippen molar-refractivity contribution in [1.82, 2.24) is 5.43 Å². The molecule has 0 radical (unpaired) electrons. The fraction of sp³-hybridized carbons (Fsp3) is 0.143. The number of furan rings is 1. The van der Waals surface area contributed by atoms with Crippen molar-refractivity contribution in [1.29, 1.82) is 0 Å². The summed E-state index contributed by atoms with van der Waals surface area (Å²) in [5, 5.41) is 3.85. The summed E-state index contributed by atoms with van der Waals surface area (Å²) in [7, 11) is 0. The van der Waals surface area contributed by atoms with Crippen molar-refractivity contribution in [2.45, 2.75) is 0 Å². The van der Waals surface area contributed by atoms with Crippen molar-refractivity contribution in [2.24, 2.45) is 5.10 Å².